The molecule has 0 fully saturated rings. The zero-order valence-electron chi connectivity index (χ0n) is 10.3. The Labute approximate surface area is 101 Å². The monoisotopic (exact) mass is 239 g/mol. The quantitative estimate of drug-likeness (QED) is 0.568. The largest absolute Gasteiger partial charge is 0.488 e. The Hall–Kier alpha value is -1.62. The maximum atomic E-state index is 10.5. The maximum Gasteiger partial charge on any atom is 0.269 e. The van der Waals surface area contributed by atoms with E-state index in [4.69, 9.17) is 4.74 Å². The number of hydrogen-bond acceptors (Lipinski definition) is 3. The molecule has 94 valence electrons. The molecule has 0 aliphatic rings. The molecule has 5 heteroatoms. The SMILES string of the molecule is CC[NH+](CC)CCOc1ccc([N+](=O)[O-])cc1. The zero-order chi connectivity index (χ0) is 12.7. The average molecular weight is 239 g/mol. The molecule has 0 heterocycles. The van der Waals surface area contributed by atoms with E-state index in [1.165, 1.54) is 17.0 Å². The lowest BCUT2D eigenvalue weighted by Crippen LogP contribution is -3.12. The van der Waals surface area contributed by atoms with Crippen molar-refractivity contribution in [1.82, 2.24) is 0 Å². The molecule has 0 aliphatic carbocycles. The molecule has 0 bridgehead atoms. The number of ether oxygens (including phenoxy) is 1. The van der Waals surface area contributed by atoms with Crippen molar-refractivity contribution in [3.63, 3.8) is 0 Å². The average Bonchev–Trinajstić information content (AvgIpc) is 2.35. The minimum absolute atomic E-state index is 0.0896. The van der Waals surface area contributed by atoms with Gasteiger partial charge in [-0.3, -0.25) is 10.1 Å². The van der Waals surface area contributed by atoms with Gasteiger partial charge in [0.15, 0.2) is 0 Å². The van der Waals surface area contributed by atoms with E-state index in [1.54, 1.807) is 12.1 Å². The fraction of sp³-hybridized carbons (Fsp3) is 0.500. The number of nitro groups is 1. The number of quaternary nitrogens is 1. The summed E-state index contributed by atoms with van der Waals surface area (Å²) in [4.78, 5) is 11.5. The van der Waals surface area contributed by atoms with Gasteiger partial charge < -0.3 is 9.64 Å². The summed E-state index contributed by atoms with van der Waals surface area (Å²) in [6.45, 7) is 8.04. The summed E-state index contributed by atoms with van der Waals surface area (Å²) in [7, 11) is 0. The first-order valence-electron chi connectivity index (χ1n) is 5.88. The topological polar surface area (TPSA) is 56.8 Å². The predicted octanol–water partition coefficient (Wildman–Crippen LogP) is 0.898. The summed E-state index contributed by atoms with van der Waals surface area (Å²) >= 11 is 0. The Bertz CT molecular complexity index is 347. The second kappa shape index (κ2) is 6.85. The highest BCUT2D eigenvalue weighted by atomic mass is 16.6. The van der Waals surface area contributed by atoms with Crippen molar-refractivity contribution in [3.8, 4) is 5.75 Å². The lowest BCUT2D eigenvalue weighted by atomic mass is 10.3. The van der Waals surface area contributed by atoms with Crippen LogP contribution in [0.3, 0.4) is 0 Å². The molecule has 1 rings (SSSR count). The molecular formula is C12H19N2O3+. The van der Waals surface area contributed by atoms with Crippen molar-refractivity contribution in [2.45, 2.75) is 13.8 Å². The van der Waals surface area contributed by atoms with E-state index in [9.17, 15) is 10.1 Å². The molecule has 0 spiro atoms. The second-order valence-electron chi connectivity index (χ2n) is 3.81. The van der Waals surface area contributed by atoms with Gasteiger partial charge in [-0.2, -0.15) is 0 Å². The Morgan fingerprint density at radius 3 is 2.29 bits per heavy atom. The maximum absolute atomic E-state index is 10.5. The summed E-state index contributed by atoms with van der Waals surface area (Å²) < 4.78 is 5.53. The van der Waals surface area contributed by atoms with E-state index in [0.717, 1.165) is 19.6 Å². The number of nitrogens with one attached hydrogen (secondary N) is 1. The Balaban J connectivity index is 2.39. The fourth-order valence-electron chi connectivity index (χ4n) is 1.58. The molecule has 1 aromatic rings. The molecule has 0 saturated carbocycles. The van der Waals surface area contributed by atoms with Gasteiger partial charge in [-0.25, -0.2) is 0 Å². The first-order chi connectivity index (χ1) is 8.17. The molecule has 0 amide bonds. The summed E-state index contributed by atoms with van der Waals surface area (Å²) in [5, 5.41) is 10.5. The van der Waals surface area contributed by atoms with Gasteiger partial charge in [-0.1, -0.05) is 0 Å². The standard InChI is InChI=1S/C12H18N2O3/c1-3-13(4-2)9-10-17-12-7-5-11(6-8-12)14(15)16/h5-8H,3-4,9-10H2,1-2H3/p+1. The van der Waals surface area contributed by atoms with Crippen LogP contribution < -0.4 is 9.64 Å². The number of non-ortho nitro benzene ring substituents is 1. The van der Waals surface area contributed by atoms with E-state index in [-0.39, 0.29) is 5.69 Å². The van der Waals surface area contributed by atoms with Crippen molar-refractivity contribution in [2.75, 3.05) is 26.2 Å². The molecule has 0 aromatic heterocycles. The van der Waals surface area contributed by atoms with Crippen molar-refractivity contribution in [1.29, 1.82) is 0 Å². The second-order valence-corrected chi connectivity index (χ2v) is 3.81. The number of hydrogen-bond donors (Lipinski definition) is 1. The minimum Gasteiger partial charge on any atom is -0.488 e. The third-order valence-electron chi connectivity index (χ3n) is 2.77. The highest BCUT2D eigenvalue weighted by Crippen LogP contribution is 2.16. The molecule has 0 radical (unpaired) electrons. The van der Waals surface area contributed by atoms with Gasteiger partial charge in [0, 0.05) is 12.1 Å². The van der Waals surface area contributed by atoms with Crippen LogP contribution in [0, 0.1) is 10.1 Å². The third-order valence-corrected chi connectivity index (χ3v) is 2.77. The van der Waals surface area contributed by atoms with E-state index in [2.05, 4.69) is 13.8 Å². The molecule has 0 unspecified atom stereocenters. The summed E-state index contributed by atoms with van der Waals surface area (Å²) in [5.74, 6) is 0.683. The van der Waals surface area contributed by atoms with Crippen LogP contribution in [0.1, 0.15) is 13.8 Å². The van der Waals surface area contributed by atoms with Crippen LogP contribution >= 0.6 is 0 Å². The highest BCUT2D eigenvalue weighted by Gasteiger charge is 2.05. The van der Waals surface area contributed by atoms with Crippen LogP contribution in [0.2, 0.25) is 0 Å². The molecule has 17 heavy (non-hydrogen) atoms. The molecule has 0 atom stereocenters. The van der Waals surface area contributed by atoms with E-state index in [0.29, 0.717) is 12.4 Å². The van der Waals surface area contributed by atoms with Gasteiger partial charge in [-0.15, -0.1) is 0 Å². The van der Waals surface area contributed by atoms with E-state index in [1.807, 2.05) is 0 Å². The molecule has 0 aliphatic heterocycles. The van der Waals surface area contributed by atoms with Crippen LogP contribution in [-0.4, -0.2) is 31.2 Å². The van der Waals surface area contributed by atoms with Gasteiger partial charge in [0.05, 0.1) is 18.0 Å². The third kappa shape index (κ3) is 4.40. The van der Waals surface area contributed by atoms with Crippen molar-refractivity contribution in [2.24, 2.45) is 0 Å². The number of rotatable bonds is 7. The number of likely N-dealkylation sites (N-methyl/N-ethyl adjacent to an activating group) is 1. The molecular weight excluding hydrogens is 220 g/mol. The predicted molar refractivity (Wildman–Crippen MR) is 65.5 cm³/mol. The number of benzene rings is 1. The lowest BCUT2D eigenvalue weighted by Gasteiger charge is -2.15. The van der Waals surface area contributed by atoms with Gasteiger partial charge in [0.1, 0.15) is 18.9 Å². The number of nitro benzene ring substituents is 1. The Morgan fingerprint density at radius 1 is 1.24 bits per heavy atom. The highest BCUT2D eigenvalue weighted by molar-refractivity contribution is 5.35. The lowest BCUT2D eigenvalue weighted by molar-refractivity contribution is -0.896. The molecule has 0 saturated heterocycles. The van der Waals surface area contributed by atoms with Gasteiger partial charge in [0.2, 0.25) is 0 Å². The molecule has 1 aromatic carbocycles. The van der Waals surface area contributed by atoms with Gasteiger partial charge in [0.25, 0.3) is 5.69 Å². The van der Waals surface area contributed by atoms with Gasteiger partial charge in [-0.05, 0) is 26.0 Å². The zero-order valence-corrected chi connectivity index (χ0v) is 10.3. The van der Waals surface area contributed by atoms with Crippen LogP contribution in [0.5, 0.6) is 5.75 Å². The minimum atomic E-state index is -0.413. The number of nitrogens with zero attached hydrogens (tertiary/aromatic N) is 1. The normalized spacial score (nSPS) is 10.5. The fourth-order valence-corrected chi connectivity index (χ4v) is 1.58. The van der Waals surface area contributed by atoms with Crippen molar-refractivity contribution >= 4 is 5.69 Å². The van der Waals surface area contributed by atoms with Crippen LogP contribution in [-0.2, 0) is 0 Å². The van der Waals surface area contributed by atoms with Crippen LogP contribution in [0.4, 0.5) is 5.69 Å². The van der Waals surface area contributed by atoms with Crippen LogP contribution in [0.25, 0.3) is 0 Å². The van der Waals surface area contributed by atoms with Crippen molar-refractivity contribution in [3.05, 3.63) is 34.4 Å². The first-order valence-corrected chi connectivity index (χ1v) is 5.88. The van der Waals surface area contributed by atoms with Crippen LogP contribution in [0.15, 0.2) is 24.3 Å². The Morgan fingerprint density at radius 2 is 1.82 bits per heavy atom. The Kier molecular flexibility index (Phi) is 5.42. The van der Waals surface area contributed by atoms with E-state index < -0.39 is 4.92 Å². The van der Waals surface area contributed by atoms with Gasteiger partial charge >= 0.3 is 0 Å². The smallest absolute Gasteiger partial charge is 0.269 e. The first kappa shape index (κ1) is 13.4. The molecule has 1 N–H and O–H groups in total. The van der Waals surface area contributed by atoms with E-state index >= 15 is 0 Å². The van der Waals surface area contributed by atoms with Crippen molar-refractivity contribution < 1.29 is 14.6 Å². The molecule has 5 nitrogen and oxygen atoms in total. The summed E-state index contributed by atoms with van der Waals surface area (Å²) in [5.41, 5.74) is 0.0896. The summed E-state index contributed by atoms with van der Waals surface area (Å²) in [6, 6.07) is 6.19. The summed E-state index contributed by atoms with van der Waals surface area (Å²) in [6.07, 6.45) is 0.